The smallest absolute Gasteiger partial charge is 0.231 e. The van der Waals surface area contributed by atoms with Crippen LogP contribution in [0.25, 0.3) is 0 Å². The molecule has 0 saturated heterocycles. The average Bonchev–Trinajstić information content (AvgIpc) is 2.98. The van der Waals surface area contributed by atoms with E-state index in [-0.39, 0.29) is 11.7 Å². The Balaban J connectivity index is 1.88. The van der Waals surface area contributed by atoms with Gasteiger partial charge in [0.05, 0.1) is 11.8 Å². The van der Waals surface area contributed by atoms with E-state index in [1.54, 1.807) is 0 Å². The van der Waals surface area contributed by atoms with E-state index in [2.05, 4.69) is 21.6 Å². The number of thioether (sulfide) groups is 1. The first-order valence-electron chi connectivity index (χ1n) is 6.27. The number of carbonyl (C=O) groups excluding carboxylic acids is 1. The van der Waals surface area contributed by atoms with Gasteiger partial charge in [0.1, 0.15) is 11.4 Å². The van der Waals surface area contributed by atoms with Gasteiger partial charge in [-0.15, -0.1) is 10.2 Å². The fraction of sp³-hybridized carbons (Fsp3) is 0.667. The first-order valence-corrected chi connectivity index (χ1v) is 7.26. The Hall–Kier alpha value is -1.55. The zero-order chi connectivity index (χ0) is 13.9. The minimum atomic E-state index is -0.645. The molecule has 0 aliphatic heterocycles. The monoisotopic (exact) mass is 279 g/mol. The molecule has 2 rings (SSSR count). The van der Waals surface area contributed by atoms with Gasteiger partial charge in [-0.05, 0) is 32.6 Å². The minimum absolute atomic E-state index is 0.117. The molecule has 0 aromatic carbocycles. The summed E-state index contributed by atoms with van der Waals surface area (Å²) in [6, 6.07) is 2.25. The van der Waals surface area contributed by atoms with Crippen molar-refractivity contribution in [2.75, 3.05) is 5.75 Å². The summed E-state index contributed by atoms with van der Waals surface area (Å²) in [4.78, 5) is 11.9. The lowest BCUT2D eigenvalue weighted by Crippen LogP contribution is -2.45. The quantitative estimate of drug-likeness (QED) is 0.836. The maximum Gasteiger partial charge on any atom is 0.231 e. The molecule has 0 spiro atoms. The third-order valence-corrected chi connectivity index (χ3v) is 4.46. The number of hydrogen-bond acceptors (Lipinski definition) is 5. The number of nitriles is 1. The molecule has 1 aliphatic rings. The number of aryl methyl sites for hydroxylation is 1. The van der Waals surface area contributed by atoms with Crippen molar-refractivity contribution < 1.29 is 4.79 Å². The van der Waals surface area contributed by atoms with Crippen molar-refractivity contribution in [3.05, 3.63) is 5.82 Å². The lowest BCUT2D eigenvalue weighted by atomic mass is 10.0. The molecule has 0 radical (unpaired) electrons. The number of nitrogens with one attached hydrogen (secondary N) is 1. The maximum absolute atomic E-state index is 11.9. The number of nitrogens with zero attached hydrogens (tertiary/aromatic N) is 4. The normalized spacial score (nSPS) is 17.1. The summed E-state index contributed by atoms with van der Waals surface area (Å²) in [7, 11) is 1.86. The highest BCUT2D eigenvalue weighted by Crippen LogP contribution is 2.29. The summed E-state index contributed by atoms with van der Waals surface area (Å²) in [6.07, 6.45) is 3.51. The van der Waals surface area contributed by atoms with Gasteiger partial charge in [0.2, 0.25) is 5.91 Å². The Labute approximate surface area is 116 Å². The van der Waals surface area contributed by atoms with Gasteiger partial charge in [-0.1, -0.05) is 11.8 Å². The summed E-state index contributed by atoms with van der Waals surface area (Å²) in [5.41, 5.74) is -0.645. The molecule has 0 bridgehead atoms. The zero-order valence-corrected chi connectivity index (χ0v) is 12.0. The van der Waals surface area contributed by atoms with E-state index in [9.17, 15) is 10.1 Å². The molecule has 1 heterocycles. The molecule has 1 N–H and O–H groups in total. The predicted octanol–water partition coefficient (Wildman–Crippen LogP) is 1.17. The van der Waals surface area contributed by atoms with Crippen LogP contribution < -0.4 is 5.32 Å². The Kier molecular flexibility index (Phi) is 4.10. The van der Waals surface area contributed by atoms with Crippen LogP contribution in [-0.4, -0.2) is 32.0 Å². The van der Waals surface area contributed by atoms with Crippen LogP contribution in [0.2, 0.25) is 0 Å². The average molecular weight is 279 g/mol. The molecule has 0 unspecified atom stereocenters. The van der Waals surface area contributed by atoms with Gasteiger partial charge in [0.25, 0.3) is 0 Å². The topological polar surface area (TPSA) is 83.6 Å². The van der Waals surface area contributed by atoms with E-state index in [1.165, 1.54) is 11.8 Å². The summed E-state index contributed by atoms with van der Waals surface area (Å²) in [5, 5.41) is 20.7. The molecule has 1 fully saturated rings. The molecule has 1 saturated carbocycles. The molecular formula is C12H17N5OS. The Morgan fingerprint density at radius 1 is 1.53 bits per heavy atom. The highest BCUT2D eigenvalue weighted by atomic mass is 32.2. The van der Waals surface area contributed by atoms with E-state index in [1.807, 2.05) is 18.5 Å². The predicted molar refractivity (Wildman–Crippen MR) is 71.4 cm³/mol. The summed E-state index contributed by atoms with van der Waals surface area (Å²) >= 11 is 1.34. The van der Waals surface area contributed by atoms with Crippen molar-refractivity contribution in [2.45, 2.75) is 43.3 Å². The molecule has 6 nitrogen and oxygen atoms in total. The third-order valence-electron chi connectivity index (χ3n) is 3.43. The first-order chi connectivity index (χ1) is 9.06. The van der Waals surface area contributed by atoms with Gasteiger partial charge < -0.3 is 9.88 Å². The molecule has 1 aromatic heterocycles. The van der Waals surface area contributed by atoms with Crippen LogP contribution in [0.15, 0.2) is 5.16 Å². The second-order valence-electron chi connectivity index (χ2n) is 4.83. The van der Waals surface area contributed by atoms with Crippen molar-refractivity contribution in [1.82, 2.24) is 20.1 Å². The molecule has 102 valence electrons. The van der Waals surface area contributed by atoms with Crippen LogP contribution in [0.1, 0.15) is 31.5 Å². The van der Waals surface area contributed by atoms with E-state index in [0.717, 1.165) is 31.5 Å². The number of carbonyl (C=O) groups is 1. The van der Waals surface area contributed by atoms with Crippen LogP contribution in [0.3, 0.4) is 0 Å². The van der Waals surface area contributed by atoms with E-state index in [0.29, 0.717) is 5.16 Å². The van der Waals surface area contributed by atoms with Crippen molar-refractivity contribution in [2.24, 2.45) is 7.05 Å². The summed E-state index contributed by atoms with van der Waals surface area (Å²) < 4.78 is 1.84. The van der Waals surface area contributed by atoms with Gasteiger partial charge in [0, 0.05) is 7.05 Å². The largest absolute Gasteiger partial charge is 0.337 e. The van der Waals surface area contributed by atoms with E-state index < -0.39 is 5.54 Å². The second kappa shape index (κ2) is 5.61. The van der Waals surface area contributed by atoms with Crippen LogP contribution in [0.5, 0.6) is 0 Å². The number of rotatable bonds is 4. The molecule has 0 atom stereocenters. The minimum Gasteiger partial charge on any atom is -0.337 e. The number of hydrogen-bond donors (Lipinski definition) is 1. The van der Waals surface area contributed by atoms with Gasteiger partial charge in [0.15, 0.2) is 5.16 Å². The Morgan fingerprint density at radius 3 is 2.74 bits per heavy atom. The third kappa shape index (κ3) is 3.07. The van der Waals surface area contributed by atoms with E-state index in [4.69, 9.17) is 0 Å². The first kappa shape index (κ1) is 13.9. The Bertz CT molecular complexity index is 513. The van der Waals surface area contributed by atoms with Crippen molar-refractivity contribution >= 4 is 17.7 Å². The fourth-order valence-corrected chi connectivity index (χ4v) is 2.95. The molecule has 1 aromatic rings. The summed E-state index contributed by atoms with van der Waals surface area (Å²) in [6.45, 7) is 1.86. The maximum atomic E-state index is 11.9. The lowest BCUT2D eigenvalue weighted by molar-refractivity contribution is -0.119. The highest BCUT2D eigenvalue weighted by Gasteiger charge is 2.35. The summed E-state index contributed by atoms with van der Waals surface area (Å²) in [5.74, 6) is 0.955. The van der Waals surface area contributed by atoms with Crippen molar-refractivity contribution in [1.29, 1.82) is 5.26 Å². The van der Waals surface area contributed by atoms with Crippen LogP contribution in [0, 0.1) is 18.3 Å². The standard InChI is InChI=1S/C12H17N5OS/c1-9-15-16-11(17(9)2)19-7-10(18)14-12(8-13)5-3-4-6-12/h3-7H2,1-2H3,(H,14,18). The van der Waals surface area contributed by atoms with Gasteiger partial charge in [-0.25, -0.2) is 0 Å². The fourth-order valence-electron chi connectivity index (χ4n) is 2.19. The Morgan fingerprint density at radius 2 is 2.21 bits per heavy atom. The molecule has 19 heavy (non-hydrogen) atoms. The second-order valence-corrected chi connectivity index (χ2v) is 5.77. The molecular weight excluding hydrogens is 262 g/mol. The van der Waals surface area contributed by atoms with Crippen LogP contribution in [0.4, 0.5) is 0 Å². The number of amides is 1. The zero-order valence-electron chi connectivity index (χ0n) is 11.1. The van der Waals surface area contributed by atoms with Gasteiger partial charge in [-0.3, -0.25) is 4.79 Å². The SMILES string of the molecule is Cc1nnc(SCC(=O)NC2(C#N)CCCC2)n1C. The van der Waals surface area contributed by atoms with Crippen LogP contribution in [-0.2, 0) is 11.8 Å². The van der Waals surface area contributed by atoms with E-state index >= 15 is 0 Å². The lowest BCUT2D eigenvalue weighted by Gasteiger charge is -2.21. The highest BCUT2D eigenvalue weighted by molar-refractivity contribution is 7.99. The molecule has 7 heteroatoms. The number of aromatic nitrogens is 3. The molecule has 1 aliphatic carbocycles. The van der Waals surface area contributed by atoms with Crippen LogP contribution >= 0.6 is 11.8 Å². The van der Waals surface area contributed by atoms with Gasteiger partial charge in [-0.2, -0.15) is 5.26 Å². The van der Waals surface area contributed by atoms with Crippen molar-refractivity contribution in [3.8, 4) is 6.07 Å². The molecule has 1 amide bonds. The van der Waals surface area contributed by atoms with Crippen molar-refractivity contribution in [3.63, 3.8) is 0 Å². The van der Waals surface area contributed by atoms with Gasteiger partial charge >= 0.3 is 0 Å².